The number of benzene rings is 1. The van der Waals surface area contributed by atoms with Crippen molar-refractivity contribution in [1.82, 2.24) is 10.2 Å². The van der Waals surface area contributed by atoms with E-state index in [-0.39, 0.29) is 12.1 Å². The third kappa shape index (κ3) is 4.80. The quantitative estimate of drug-likeness (QED) is 0.469. The lowest BCUT2D eigenvalue weighted by molar-refractivity contribution is -0.385. The average Bonchev–Trinajstić information content (AvgIpc) is 2.48. The van der Waals surface area contributed by atoms with Crippen molar-refractivity contribution in [2.45, 2.75) is 6.42 Å². The Balaban J connectivity index is 1.78. The highest BCUT2D eigenvalue weighted by molar-refractivity contribution is 5.74. The topological polar surface area (TPSA) is 84.7 Å². The summed E-state index contributed by atoms with van der Waals surface area (Å²) in [5.41, 5.74) is 0.339. The second kappa shape index (κ2) is 7.70. The normalized spacial score (nSPS) is 15.6. The van der Waals surface area contributed by atoms with Crippen molar-refractivity contribution in [3.8, 4) is 0 Å². The van der Waals surface area contributed by atoms with E-state index in [1.807, 2.05) is 0 Å². The molecule has 1 saturated heterocycles. The number of para-hydroxylation sites is 1. The van der Waals surface area contributed by atoms with Gasteiger partial charge >= 0.3 is 5.97 Å². The van der Waals surface area contributed by atoms with Crippen LogP contribution in [0.4, 0.5) is 5.69 Å². The van der Waals surface area contributed by atoms with Gasteiger partial charge in [0.05, 0.1) is 11.3 Å². The van der Waals surface area contributed by atoms with Crippen LogP contribution in [0.2, 0.25) is 0 Å². The second-order valence-electron chi connectivity index (χ2n) is 4.87. The first-order valence-corrected chi connectivity index (χ1v) is 6.98. The maximum absolute atomic E-state index is 11.8. The molecule has 0 bridgehead atoms. The molecule has 0 radical (unpaired) electrons. The van der Waals surface area contributed by atoms with Crippen LogP contribution in [0.15, 0.2) is 24.3 Å². The van der Waals surface area contributed by atoms with E-state index in [9.17, 15) is 14.9 Å². The predicted molar refractivity (Wildman–Crippen MR) is 77.1 cm³/mol. The number of piperazine rings is 1. The summed E-state index contributed by atoms with van der Waals surface area (Å²) in [5, 5.41) is 14.1. The molecular weight excluding hydrogens is 274 g/mol. The number of hydrogen-bond donors (Lipinski definition) is 1. The summed E-state index contributed by atoms with van der Waals surface area (Å²) in [6.07, 6.45) is -0.0707. The molecule has 0 saturated carbocycles. The number of rotatable bonds is 6. The molecule has 1 aliphatic rings. The van der Waals surface area contributed by atoms with E-state index in [1.165, 1.54) is 6.07 Å². The first-order valence-electron chi connectivity index (χ1n) is 6.98. The van der Waals surface area contributed by atoms with Crippen LogP contribution in [0, 0.1) is 10.1 Å². The van der Waals surface area contributed by atoms with Gasteiger partial charge in [-0.1, -0.05) is 18.2 Å². The zero-order valence-electron chi connectivity index (χ0n) is 11.8. The van der Waals surface area contributed by atoms with Crippen molar-refractivity contribution in [1.29, 1.82) is 0 Å². The molecule has 7 heteroatoms. The molecule has 0 spiro atoms. The van der Waals surface area contributed by atoms with E-state index in [0.717, 1.165) is 26.2 Å². The van der Waals surface area contributed by atoms with Gasteiger partial charge in [-0.05, 0) is 0 Å². The van der Waals surface area contributed by atoms with Crippen LogP contribution in [-0.2, 0) is 16.0 Å². The molecular formula is C14H19N3O4. The SMILES string of the molecule is O=C(Cc1ccccc1[N+](=O)[O-])OCCN1CCNCC1. The van der Waals surface area contributed by atoms with Gasteiger partial charge in [-0.15, -0.1) is 0 Å². The summed E-state index contributed by atoms with van der Waals surface area (Å²) < 4.78 is 5.16. The van der Waals surface area contributed by atoms with Gasteiger partial charge < -0.3 is 10.1 Å². The lowest BCUT2D eigenvalue weighted by atomic mass is 10.1. The minimum absolute atomic E-state index is 0.0449. The molecule has 7 nitrogen and oxygen atoms in total. The van der Waals surface area contributed by atoms with Crippen LogP contribution in [0.25, 0.3) is 0 Å². The Hall–Kier alpha value is -1.99. The lowest BCUT2D eigenvalue weighted by Crippen LogP contribution is -2.44. The Bertz CT molecular complexity index is 501. The Morgan fingerprint density at radius 3 is 2.76 bits per heavy atom. The third-order valence-electron chi connectivity index (χ3n) is 3.40. The summed E-state index contributed by atoms with van der Waals surface area (Å²) in [6, 6.07) is 6.23. The highest BCUT2D eigenvalue weighted by atomic mass is 16.6. The van der Waals surface area contributed by atoms with Crippen molar-refractivity contribution >= 4 is 11.7 Å². The molecule has 0 unspecified atom stereocenters. The van der Waals surface area contributed by atoms with Gasteiger partial charge in [-0.2, -0.15) is 0 Å². The Morgan fingerprint density at radius 2 is 2.05 bits per heavy atom. The Labute approximate surface area is 123 Å². The van der Waals surface area contributed by atoms with Crippen molar-refractivity contribution in [3.63, 3.8) is 0 Å². The monoisotopic (exact) mass is 293 g/mol. The number of carbonyl (C=O) groups is 1. The summed E-state index contributed by atoms with van der Waals surface area (Å²) >= 11 is 0. The van der Waals surface area contributed by atoms with Crippen molar-refractivity contribution in [2.75, 3.05) is 39.3 Å². The van der Waals surface area contributed by atoms with Gasteiger partial charge in [0.25, 0.3) is 5.69 Å². The molecule has 0 aromatic heterocycles. The van der Waals surface area contributed by atoms with Crippen molar-refractivity contribution in [2.24, 2.45) is 0 Å². The minimum atomic E-state index is -0.483. The van der Waals surface area contributed by atoms with Crippen molar-refractivity contribution < 1.29 is 14.5 Å². The molecule has 114 valence electrons. The fourth-order valence-electron chi connectivity index (χ4n) is 2.27. The van der Waals surface area contributed by atoms with E-state index in [0.29, 0.717) is 18.7 Å². The standard InChI is InChI=1S/C14H19N3O4/c18-14(21-10-9-16-7-5-15-6-8-16)11-12-3-1-2-4-13(12)17(19)20/h1-4,15H,5-11H2. The van der Waals surface area contributed by atoms with E-state index in [2.05, 4.69) is 10.2 Å². The van der Waals surface area contributed by atoms with Crippen LogP contribution >= 0.6 is 0 Å². The maximum Gasteiger partial charge on any atom is 0.310 e. The maximum atomic E-state index is 11.8. The summed E-state index contributed by atoms with van der Waals surface area (Å²) in [5.74, 6) is -0.431. The molecule has 1 fully saturated rings. The zero-order valence-corrected chi connectivity index (χ0v) is 11.8. The van der Waals surface area contributed by atoms with Gasteiger partial charge in [-0.3, -0.25) is 19.8 Å². The van der Waals surface area contributed by atoms with Crippen LogP contribution < -0.4 is 5.32 Å². The number of hydrogen-bond acceptors (Lipinski definition) is 6. The molecule has 0 atom stereocenters. The van der Waals surface area contributed by atoms with E-state index >= 15 is 0 Å². The fraction of sp³-hybridized carbons (Fsp3) is 0.500. The second-order valence-corrected chi connectivity index (χ2v) is 4.87. The van der Waals surface area contributed by atoms with Crippen LogP contribution in [-0.4, -0.2) is 55.1 Å². The molecule has 0 aliphatic carbocycles. The largest absolute Gasteiger partial charge is 0.464 e. The number of ether oxygens (including phenoxy) is 1. The lowest BCUT2D eigenvalue weighted by Gasteiger charge is -2.26. The number of nitro benzene ring substituents is 1. The van der Waals surface area contributed by atoms with Crippen LogP contribution in [0.1, 0.15) is 5.56 Å². The van der Waals surface area contributed by atoms with Crippen molar-refractivity contribution in [3.05, 3.63) is 39.9 Å². The van der Waals surface area contributed by atoms with E-state index in [1.54, 1.807) is 18.2 Å². The number of carbonyl (C=O) groups excluding carboxylic acids is 1. The van der Waals surface area contributed by atoms with Crippen LogP contribution in [0.3, 0.4) is 0 Å². The molecule has 0 amide bonds. The molecule has 1 N–H and O–H groups in total. The molecule has 2 rings (SSSR count). The number of nitrogens with zero attached hydrogens (tertiary/aromatic N) is 2. The van der Waals surface area contributed by atoms with Gasteiger partial charge in [0.15, 0.2) is 0 Å². The Kier molecular flexibility index (Phi) is 5.65. The third-order valence-corrected chi connectivity index (χ3v) is 3.40. The molecule has 1 aromatic carbocycles. The highest BCUT2D eigenvalue weighted by Crippen LogP contribution is 2.18. The summed E-state index contributed by atoms with van der Waals surface area (Å²) in [7, 11) is 0. The van der Waals surface area contributed by atoms with Crippen LogP contribution in [0.5, 0.6) is 0 Å². The predicted octanol–water partition coefficient (Wildman–Crippen LogP) is 0.586. The first kappa shape index (κ1) is 15.4. The average molecular weight is 293 g/mol. The number of nitrogens with one attached hydrogen (secondary N) is 1. The Morgan fingerprint density at radius 1 is 1.33 bits per heavy atom. The minimum Gasteiger partial charge on any atom is -0.464 e. The van der Waals surface area contributed by atoms with Gasteiger partial charge in [0, 0.05) is 44.4 Å². The van der Waals surface area contributed by atoms with Gasteiger partial charge in [0.1, 0.15) is 6.61 Å². The highest BCUT2D eigenvalue weighted by Gasteiger charge is 2.16. The fourth-order valence-corrected chi connectivity index (χ4v) is 2.27. The molecule has 21 heavy (non-hydrogen) atoms. The number of nitro groups is 1. The van der Waals surface area contributed by atoms with Gasteiger partial charge in [0.2, 0.25) is 0 Å². The molecule has 1 aliphatic heterocycles. The smallest absolute Gasteiger partial charge is 0.310 e. The van der Waals surface area contributed by atoms with Gasteiger partial charge in [-0.25, -0.2) is 0 Å². The first-order chi connectivity index (χ1) is 10.2. The number of esters is 1. The molecule has 1 aromatic rings. The van der Waals surface area contributed by atoms with E-state index < -0.39 is 10.9 Å². The zero-order chi connectivity index (χ0) is 15.1. The molecule has 1 heterocycles. The summed E-state index contributed by atoms with van der Waals surface area (Å²) in [4.78, 5) is 24.4. The summed E-state index contributed by atoms with van der Waals surface area (Å²) in [6.45, 7) is 4.81. The van der Waals surface area contributed by atoms with E-state index in [4.69, 9.17) is 4.74 Å².